The molecule has 168 valence electrons. The molecule has 0 atom stereocenters. The Bertz CT molecular complexity index is 1010. The minimum absolute atomic E-state index is 0. The van der Waals surface area contributed by atoms with E-state index >= 15 is 0 Å². The van der Waals surface area contributed by atoms with Gasteiger partial charge in [0.2, 0.25) is 0 Å². The second-order valence-electron chi connectivity index (χ2n) is 7.40. The van der Waals surface area contributed by atoms with Gasteiger partial charge < -0.3 is 25.4 Å². The Hall–Kier alpha value is -3.30. The lowest BCUT2D eigenvalue weighted by Crippen LogP contribution is -2.39. The van der Waals surface area contributed by atoms with Gasteiger partial charge in [-0.25, -0.2) is 9.78 Å². The number of ether oxygens (including phenoxy) is 2. The monoisotopic (exact) mass is 421 g/mol. The molecule has 10 heteroatoms. The highest BCUT2D eigenvalue weighted by atomic mass is 16.6. The van der Waals surface area contributed by atoms with Crippen LogP contribution in [0, 0.1) is 10.8 Å². The van der Waals surface area contributed by atoms with E-state index in [2.05, 4.69) is 20.9 Å². The second kappa shape index (κ2) is 9.47. The highest BCUT2D eigenvalue weighted by molar-refractivity contribution is 5.92. The third-order valence-electron chi connectivity index (χ3n) is 4.50. The number of carbonyl (C=O) groups is 1. The van der Waals surface area contributed by atoms with E-state index in [0.29, 0.717) is 54.7 Å². The smallest absolute Gasteiger partial charge is 0.314 e. The molecule has 2 heterocycles. The number of urea groups is 1. The quantitative estimate of drug-likeness (QED) is 0.266. The Morgan fingerprint density at radius 3 is 2.57 bits per heavy atom. The van der Waals surface area contributed by atoms with Gasteiger partial charge in [-0.15, -0.1) is 0 Å². The van der Waals surface area contributed by atoms with Gasteiger partial charge in [-0.05, 0) is 33.6 Å². The van der Waals surface area contributed by atoms with Crippen LogP contribution in [0.4, 0.5) is 10.6 Å². The van der Waals surface area contributed by atoms with E-state index in [1.54, 1.807) is 19.1 Å². The molecule has 10 nitrogen and oxygen atoms in total. The van der Waals surface area contributed by atoms with Crippen molar-refractivity contribution in [1.82, 2.24) is 20.2 Å². The Labute approximate surface area is 179 Å². The summed E-state index contributed by atoms with van der Waals surface area (Å²) in [5.74, 6) is 1.83. The van der Waals surface area contributed by atoms with Crippen molar-refractivity contribution in [1.29, 1.82) is 10.8 Å². The number of nitrogens with one attached hydrogen (secondary N) is 5. The zero-order valence-electron chi connectivity index (χ0n) is 17.6. The van der Waals surface area contributed by atoms with E-state index in [0.717, 1.165) is 12.8 Å². The molecular formula is C20H35N7O3. The number of fused-ring (bicyclic) bond motifs is 2. The third-order valence-corrected chi connectivity index (χ3v) is 4.50. The van der Waals surface area contributed by atoms with Crippen LogP contribution >= 0.6 is 0 Å². The molecule has 0 spiro atoms. The van der Waals surface area contributed by atoms with E-state index in [4.69, 9.17) is 20.3 Å². The molecule has 0 radical (unpaired) electrons. The summed E-state index contributed by atoms with van der Waals surface area (Å²) in [5.41, 5.74) is 1.36. The van der Waals surface area contributed by atoms with Crippen molar-refractivity contribution in [2.75, 3.05) is 31.6 Å². The Morgan fingerprint density at radius 1 is 1.23 bits per heavy atom. The number of hydrogen-bond donors (Lipinski definition) is 5. The molecule has 0 unspecified atom stereocenters. The summed E-state index contributed by atoms with van der Waals surface area (Å²) >= 11 is 0. The fourth-order valence-corrected chi connectivity index (χ4v) is 3.18. The standard InChI is InChI=1S/C20H29N7O3.3H2/c1-12(2)25-20(28)24-7-5-4-6-23-19-18(22)27(13(3)21)15-11-17-16(10-14(15)26-19)29-8-9-30-17;;;/h10-12,21-22H,4-9H2,1-3H3,(H,23,26)(H2,24,25,28);3*1H. The predicted molar refractivity (Wildman–Crippen MR) is 121 cm³/mol. The van der Waals surface area contributed by atoms with Gasteiger partial charge >= 0.3 is 6.03 Å². The molecule has 0 aliphatic carbocycles. The fourth-order valence-electron chi connectivity index (χ4n) is 3.18. The highest BCUT2D eigenvalue weighted by Gasteiger charge is 2.17. The van der Waals surface area contributed by atoms with E-state index in [9.17, 15) is 4.79 Å². The van der Waals surface area contributed by atoms with Crippen molar-refractivity contribution in [2.24, 2.45) is 0 Å². The van der Waals surface area contributed by atoms with E-state index in [1.165, 1.54) is 4.57 Å². The van der Waals surface area contributed by atoms with Gasteiger partial charge in [0.05, 0.1) is 11.0 Å². The van der Waals surface area contributed by atoms with E-state index in [1.807, 2.05) is 13.8 Å². The van der Waals surface area contributed by atoms with Crippen molar-refractivity contribution < 1.29 is 18.5 Å². The summed E-state index contributed by atoms with van der Waals surface area (Å²) in [7, 11) is 0. The minimum Gasteiger partial charge on any atom is -0.486 e. The van der Waals surface area contributed by atoms with Gasteiger partial charge in [0.15, 0.2) is 22.8 Å². The number of anilines is 1. The van der Waals surface area contributed by atoms with E-state index in [-0.39, 0.29) is 27.7 Å². The van der Waals surface area contributed by atoms with Crippen LogP contribution in [0.15, 0.2) is 12.1 Å². The van der Waals surface area contributed by atoms with Crippen LogP contribution in [0.3, 0.4) is 0 Å². The van der Waals surface area contributed by atoms with E-state index < -0.39 is 0 Å². The molecule has 1 aromatic carbocycles. The molecule has 1 aromatic heterocycles. The molecule has 5 N–H and O–H groups in total. The molecule has 30 heavy (non-hydrogen) atoms. The van der Waals surface area contributed by atoms with Gasteiger partial charge in [-0.3, -0.25) is 15.4 Å². The van der Waals surface area contributed by atoms with Crippen LogP contribution in [-0.2, 0) is 0 Å². The van der Waals surface area contributed by atoms with Crippen LogP contribution in [0.5, 0.6) is 11.5 Å². The fraction of sp³-hybridized carbons (Fsp3) is 0.500. The summed E-state index contributed by atoms with van der Waals surface area (Å²) in [4.78, 5) is 16.1. The second-order valence-corrected chi connectivity index (χ2v) is 7.40. The first kappa shape index (κ1) is 21.4. The van der Waals surface area contributed by atoms with Crippen molar-refractivity contribution in [3.05, 3.63) is 17.6 Å². The van der Waals surface area contributed by atoms with Gasteiger partial charge in [0, 0.05) is 35.5 Å². The van der Waals surface area contributed by atoms with Crippen molar-refractivity contribution in [3.63, 3.8) is 0 Å². The maximum Gasteiger partial charge on any atom is 0.314 e. The van der Waals surface area contributed by atoms with Gasteiger partial charge in [0.25, 0.3) is 0 Å². The summed E-state index contributed by atoms with van der Waals surface area (Å²) in [6.07, 6.45) is 1.59. The highest BCUT2D eigenvalue weighted by Crippen LogP contribution is 2.33. The molecule has 3 rings (SSSR count). The molecule has 0 saturated heterocycles. The summed E-state index contributed by atoms with van der Waals surface area (Å²) < 4.78 is 12.8. The minimum atomic E-state index is -0.167. The molecular weight excluding hydrogens is 386 g/mol. The number of hydrogen-bond acceptors (Lipinski definition) is 7. The molecule has 0 saturated carbocycles. The number of nitrogens with zero attached hydrogens (tertiary/aromatic N) is 2. The topological polar surface area (TPSA) is 137 Å². The normalized spacial score (nSPS) is 12.7. The first-order chi connectivity index (χ1) is 14.4. The molecule has 2 amide bonds. The number of aromatic nitrogens is 2. The lowest BCUT2D eigenvalue weighted by atomic mass is 10.2. The lowest BCUT2D eigenvalue weighted by molar-refractivity contribution is 0.172. The average Bonchev–Trinajstić information content (AvgIpc) is 2.68. The van der Waals surface area contributed by atoms with Gasteiger partial charge in [-0.2, -0.15) is 0 Å². The van der Waals surface area contributed by atoms with Crippen LogP contribution in [0.25, 0.3) is 11.0 Å². The summed E-state index contributed by atoms with van der Waals surface area (Å²) in [6.45, 7) is 7.57. The molecule has 1 aliphatic rings. The first-order valence-electron chi connectivity index (χ1n) is 10.1. The Balaban J connectivity index is 0.00000341. The molecule has 0 fully saturated rings. The Kier molecular flexibility index (Phi) is 6.76. The average molecular weight is 422 g/mol. The first-order valence-corrected chi connectivity index (χ1v) is 10.1. The number of benzene rings is 1. The SMILES string of the molecule is CC(=N)n1c(=N)c(NCCCCNC(=O)NC(C)C)nc2cc3c(cc21)OCCO3.[HH].[HH].[HH]. The van der Waals surface area contributed by atoms with Crippen LogP contribution in [0.2, 0.25) is 0 Å². The Morgan fingerprint density at radius 2 is 1.90 bits per heavy atom. The number of carbonyl (C=O) groups excluding carboxylic acids is 1. The molecule has 1 aliphatic heterocycles. The van der Waals surface area contributed by atoms with Crippen molar-refractivity contribution >= 4 is 28.7 Å². The molecule has 2 aromatic rings. The van der Waals surface area contributed by atoms with Crippen LogP contribution < -0.4 is 30.9 Å². The van der Waals surface area contributed by atoms with Gasteiger partial charge in [-0.1, -0.05) is 0 Å². The number of amides is 2. The summed E-state index contributed by atoms with van der Waals surface area (Å²) in [6, 6.07) is 3.49. The third kappa shape index (κ3) is 5.00. The maximum atomic E-state index is 11.6. The van der Waals surface area contributed by atoms with Gasteiger partial charge in [0.1, 0.15) is 19.0 Å². The summed E-state index contributed by atoms with van der Waals surface area (Å²) in [5, 5.41) is 25.4. The zero-order chi connectivity index (χ0) is 21.7. The van der Waals surface area contributed by atoms with Crippen molar-refractivity contribution in [2.45, 2.75) is 39.7 Å². The largest absolute Gasteiger partial charge is 0.486 e. The van der Waals surface area contributed by atoms with Crippen LogP contribution in [0.1, 0.15) is 37.9 Å². The number of unbranched alkanes of at least 4 members (excludes halogenated alkanes) is 1. The molecule has 0 bridgehead atoms. The van der Waals surface area contributed by atoms with Crippen molar-refractivity contribution in [3.8, 4) is 11.5 Å². The predicted octanol–water partition coefficient (Wildman–Crippen LogP) is 2.77. The number of rotatable bonds is 7. The maximum absolute atomic E-state index is 11.6. The van der Waals surface area contributed by atoms with Crippen LogP contribution in [-0.4, -0.2) is 53.8 Å². The lowest BCUT2D eigenvalue weighted by Gasteiger charge is -2.20. The zero-order valence-corrected chi connectivity index (χ0v) is 17.6.